The average Bonchev–Trinajstić information content (AvgIpc) is 3.11. The van der Waals surface area contributed by atoms with Crippen LogP contribution < -0.4 is 0 Å². The van der Waals surface area contributed by atoms with Crippen LogP contribution in [0.15, 0.2) is 11.6 Å². The second kappa shape index (κ2) is 7.17. The number of hydrogen-bond donors (Lipinski definition) is 0. The molecule has 136 valence electrons. The Kier molecular flexibility index (Phi) is 5.36. The third-order valence-corrected chi connectivity index (χ3v) is 6.14. The van der Waals surface area contributed by atoms with Crippen LogP contribution in [0.5, 0.6) is 0 Å². The molecule has 0 N–H and O–H groups in total. The second-order valence-corrected chi connectivity index (χ2v) is 8.27. The lowest BCUT2D eigenvalue weighted by molar-refractivity contribution is -0.145. The Hall–Kier alpha value is -0.870. The number of hydrogen-bond acceptors (Lipinski definition) is 4. The molecule has 0 bridgehead atoms. The molecule has 3 aliphatic rings. The highest BCUT2D eigenvalue weighted by molar-refractivity contribution is 5.75. The first-order chi connectivity index (χ1) is 11.4. The van der Waals surface area contributed by atoms with Crippen LogP contribution in [0.25, 0.3) is 0 Å². The highest BCUT2D eigenvalue weighted by Crippen LogP contribution is 2.50. The number of esters is 1. The van der Waals surface area contributed by atoms with Crippen molar-refractivity contribution in [3.63, 3.8) is 0 Å². The maximum Gasteiger partial charge on any atom is 0.311 e. The molecular weight excluding hydrogens is 302 g/mol. The third-order valence-electron chi connectivity index (χ3n) is 6.14. The van der Waals surface area contributed by atoms with Gasteiger partial charge in [-0.15, -0.1) is 0 Å². The van der Waals surface area contributed by atoms with Crippen LogP contribution in [-0.2, 0) is 14.3 Å². The Balaban J connectivity index is 1.73. The van der Waals surface area contributed by atoms with Gasteiger partial charge in [-0.3, -0.25) is 4.79 Å². The van der Waals surface area contributed by atoms with Crippen LogP contribution >= 0.6 is 0 Å². The predicted molar refractivity (Wildman–Crippen MR) is 94.8 cm³/mol. The molecule has 2 fully saturated rings. The second-order valence-electron chi connectivity index (χ2n) is 8.27. The fourth-order valence-corrected chi connectivity index (χ4v) is 4.40. The smallest absolute Gasteiger partial charge is 0.311 e. The summed E-state index contributed by atoms with van der Waals surface area (Å²) in [5.41, 5.74) is 1.34. The molecule has 3 rings (SSSR count). The number of carbonyl (C=O) groups excluding carboxylic acids is 1. The van der Waals surface area contributed by atoms with E-state index in [4.69, 9.17) is 9.47 Å². The molecule has 0 radical (unpaired) electrons. The molecule has 2 heterocycles. The standard InChI is InChI=1S/C20H33NO3/c1-5-6-12-21(4)13-16-15-10-9-14(2)8-7-11-20(3)18(24-20)17(15)23-19(16)22/h8,15-18H,5-7,9-13H2,1-4H3/b14-8+/t15-,16-,17-,18-,20+/m0/s1. The van der Waals surface area contributed by atoms with E-state index in [1.807, 2.05) is 0 Å². The Morgan fingerprint density at radius 1 is 1.42 bits per heavy atom. The van der Waals surface area contributed by atoms with Gasteiger partial charge in [0.1, 0.15) is 12.2 Å². The largest absolute Gasteiger partial charge is 0.459 e. The summed E-state index contributed by atoms with van der Waals surface area (Å²) in [6.45, 7) is 8.45. The van der Waals surface area contributed by atoms with Gasteiger partial charge < -0.3 is 14.4 Å². The van der Waals surface area contributed by atoms with Crippen molar-refractivity contribution in [2.24, 2.45) is 11.8 Å². The van der Waals surface area contributed by atoms with Gasteiger partial charge in [-0.25, -0.2) is 0 Å². The van der Waals surface area contributed by atoms with E-state index in [1.165, 1.54) is 18.4 Å². The van der Waals surface area contributed by atoms with Gasteiger partial charge in [0.2, 0.25) is 0 Å². The van der Waals surface area contributed by atoms with Crippen LogP contribution in [-0.4, -0.2) is 48.8 Å². The topological polar surface area (TPSA) is 42.1 Å². The normalized spacial score (nSPS) is 41.2. The number of allylic oxidation sites excluding steroid dienone is 2. The van der Waals surface area contributed by atoms with Gasteiger partial charge in [0.05, 0.1) is 11.5 Å². The maximum absolute atomic E-state index is 12.6. The third kappa shape index (κ3) is 3.70. The molecule has 4 nitrogen and oxygen atoms in total. The quantitative estimate of drug-likeness (QED) is 0.438. The van der Waals surface area contributed by atoms with E-state index < -0.39 is 0 Å². The summed E-state index contributed by atoms with van der Waals surface area (Å²) in [4.78, 5) is 14.9. The zero-order valence-electron chi connectivity index (χ0n) is 15.7. The molecule has 0 unspecified atom stereocenters. The van der Waals surface area contributed by atoms with Gasteiger partial charge >= 0.3 is 5.97 Å². The maximum atomic E-state index is 12.6. The lowest BCUT2D eigenvalue weighted by Crippen LogP contribution is -2.35. The lowest BCUT2D eigenvalue weighted by Gasteiger charge is -2.25. The SMILES string of the molecule is CCCCN(C)C[C@@H]1C(=O)O[C@H]2[C@H]1CC/C(C)=C/CC[C@@]1(C)O[C@@H]21. The summed E-state index contributed by atoms with van der Waals surface area (Å²) < 4.78 is 11.9. The summed E-state index contributed by atoms with van der Waals surface area (Å²) in [7, 11) is 2.12. The van der Waals surface area contributed by atoms with E-state index >= 15 is 0 Å². The van der Waals surface area contributed by atoms with Crippen molar-refractivity contribution in [3.05, 3.63) is 11.6 Å². The molecule has 4 heteroatoms. The molecule has 0 aromatic carbocycles. The van der Waals surface area contributed by atoms with Crippen molar-refractivity contribution >= 4 is 5.97 Å². The van der Waals surface area contributed by atoms with Crippen molar-refractivity contribution in [2.75, 3.05) is 20.1 Å². The Morgan fingerprint density at radius 2 is 2.21 bits per heavy atom. The van der Waals surface area contributed by atoms with Crippen molar-refractivity contribution in [3.8, 4) is 0 Å². The first kappa shape index (κ1) is 17.9. The number of ether oxygens (including phenoxy) is 2. The van der Waals surface area contributed by atoms with Gasteiger partial charge in [-0.1, -0.05) is 25.0 Å². The molecular formula is C20H33NO3. The Bertz CT molecular complexity index is 503. The van der Waals surface area contributed by atoms with Crippen molar-refractivity contribution < 1.29 is 14.3 Å². The van der Waals surface area contributed by atoms with Gasteiger partial charge in [-0.05, 0) is 59.5 Å². The molecule has 2 saturated heterocycles. The van der Waals surface area contributed by atoms with Crippen molar-refractivity contribution in [2.45, 2.75) is 77.1 Å². The predicted octanol–water partition coefficient (Wildman–Crippen LogP) is 3.55. The van der Waals surface area contributed by atoms with E-state index in [2.05, 4.69) is 38.8 Å². The lowest BCUT2D eigenvalue weighted by atomic mass is 9.80. The number of nitrogens with zero attached hydrogens (tertiary/aromatic N) is 1. The average molecular weight is 335 g/mol. The molecule has 0 aromatic heterocycles. The fourth-order valence-electron chi connectivity index (χ4n) is 4.40. The first-order valence-corrected chi connectivity index (χ1v) is 9.67. The summed E-state index contributed by atoms with van der Waals surface area (Å²) in [5, 5.41) is 0. The summed E-state index contributed by atoms with van der Waals surface area (Å²) >= 11 is 0. The summed E-state index contributed by atoms with van der Waals surface area (Å²) in [6, 6.07) is 0. The minimum Gasteiger partial charge on any atom is -0.459 e. The van der Waals surface area contributed by atoms with E-state index in [1.54, 1.807) is 0 Å². The van der Waals surface area contributed by atoms with Gasteiger partial charge in [-0.2, -0.15) is 0 Å². The highest BCUT2D eigenvalue weighted by Gasteiger charge is 2.62. The zero-order valence-corrected chi connectivity index (χ0v) is 15.7. The van der Waals surface area contributed by atoms with Crippen molar-refractivity contribution in [1.29, 1.82) is 0 Å². The van der Waals surface area contributed by atoms with Gasteiger partial charge in [0.25, 0.3) is 0 Å². The molecule has 2 aliphatic heterocycles. The Labute approximate surface area is 146 Å². The number of epoxide rings is 1. The van der Waals surface area contributed by atoms with Crippen LogP contribution in [0, 0.1) is 11.8 Å². The number of carbonyl (C=O) groups is 1. The molecule has 0 aromatic rings. The van der Waals surface area contributed by atoms with Crippen LogP contribution in [0.4, 0.5) is 0 Å². The number of unbranched alkanes of at least 4 members (excludes halogenated alkanes) is 1. The number of fused-ring (bicyclic) bond motifs is 3. The van der Waals surface area contributed by atoms with E-state index in [-0.39, 0.29) is 35.6 Å². The van der Waals surface area contributed by atoms with Crippen LogP contribution in [0.2, 0.25) is 0 Å². The molecule has 0 spiro atoms. The first-order valence-electron chi connectivity index (χ1n) is 9.67. The van der Waals surface area contributed by atoms with Gasteiger partial charge in [0, 0.05) is 12.5 Å². The zero-order chi connectivity index (χ0) is 17.3. The molecule has 1 aliphatic carbocycles. The molecule has 24 heavy (non-hydrogen) atoms. The summed E-state index contributed by atoms with van der Waals surface area (Å²) in [6.07, 6.45) is 8.95. The van der Waals surface area contributed by atoms with Crippen LogP contribution in [0.1, 0.15) is 59.3 Å². The molecule has 5 atom stereocenters. The van der Waals surface area contributed by atoms with E-state index in [0.717, 1.165) is 38.8 Å². The van der Waals surface area contributed by atoms with E-state index in [0.29, 0.717) is 0 Å². The molecule has 0 amide bonds. The van der Waals surface area contributed by atoms with E-state index in [9.17, 15) is 4.79 Å². The van der Waals surface area contributed by atoms with Crippen LogP contribution in [0.3, 0.4) is 0 Å². The minimum atomic E-state index is -0.0969. The molecule has 0 saturated carbocycles. The monoisotopic (exact) mass is 335 g/mol. The number of rotatable bonds is 5. The van der Waals surface area contributed by atoms with Crippen molar-refractivity contribution in [1.82, 2.24) is 4.90 Å². The van der Waals surface area contributed by atoms with Gasteiger partial charge in [0.15, 0.2) is 0 Å². The Morgan fingerprint density at radius 3 is 2.96 bits per heavy atom. The highest BCUT2D eigenvalue weighted by atomic mass is 16.6. The minimum absolute atomic E-state index is 0.00228. The summed E-state index contributed by atoms with van der Waals surface area (Å²) in [5.74, 6) is 0.277. The fraction of sp³-hybridized carbons (Fsp3) is 0.850.